The first-order chi connectivity index (χ1) is 13.7. The second-order valence-corrected chi connectivity index (χ2v) is 8.07. The van der Waals surface area contributed by atoms with Crippen LogP contribution in [-0.4, -0.2) is 67.7 Å². The largest absolute Gasteiger partial charge is 0.357 e. The van der Waals surface area contributed by atoms with Gasteiger partial charge in [-0.05, 0) is 57.3 Å². The van der Waals surface area contributed by atoms with Gasteiger partial charge in [0.2, 0.25) is 0 Å². The Balaban J connectivity index is 0.00000300. The van der Waals surface area contributed by atoms with Gasteiger partial charge in [0, 0.05) is 45.0 Å². The third-order valence-corrected chi connectivity index (χ3v) is 5.49. The highest BCUT2D eigenvalue weighted by Crippen LogP contribution is 2.20. The summed E-state index contributed by atoms with van der Waals surface area (Å²) in [5, 5.41) is 6.88. The molecule has 0 aliphatic carbocycles. The monoisotopic (exact) mass is 518 g/mol. The summed E-state index contributed by atoms with van der Waals surface area (Å²) in [6.07, 6.45) is 6.63. The van der Waals surface area contributed by atoms with E-state index in [4.69, 9.17) is 4.99 Å². The molecule has 164 valence electrons. The Hall–Kier alpha value is -1.16. The average molecular weight is 518 g/mol. The molecule has 29 heavy (non-hydrogen) atoms. The van der Waals surface area contributed by atoms with Crippen molar-refractivity contribution >= 4 is 35.8 Å². The summed E-state index contributed by atoms with van der Waals surface area (Å²) in [5.74, 6) is 1.59. The smallest absolute Gasteiger partial charge is 0.191 e. The summed E-state index contributed by atoms with van der Waals surface area (Å²) in [6, 6.07) is 3.35. The molecule has 1 aromatic rings. The Morgan fingerprint density at radius 3 is 2.83 bits per heavy atom. The Bertz CT molecular complexity index is 637. The summed E-state index contributed by atoms with van der Waals surface area (Å²) >= 11 is 0. The van der Waals surface area contributed by atoms with Gasteiger partial charge in [-0.1, -0.05) is 13.3 Å². The maximum atomic E-state index is 14.0. The number of nitrogens with one attached hydrogen (secondary N) is 2. The van der Waals surface area contributed by atoms with Crippen LogP contribution in [0, 0.1) is 11.7 Å². The summed E-state index contributed by atoms with van der Waals surface area (Å²) in [7, 11) is 0. The predicted molar refractivity (Wildman–Crippen MR) is 129 cm³/mol. The maximum Gasteiger partial charge on any atom is 0.191 e. The number of likely N-dealkylation sites (tertiary alicyclic amines) is 1. The lowest BCUT2D eigenvalue weighted by atomic mass is 10.1. The number of rotatable bonds is 7. The third-order valence-electron chi connectivity index (χ3n) is 5.49. The van der Waals surface area contributed by atoms with Gasteiger partial charge in [-0.25, -0.2) is 9.37 Å². The van der Waals surface area contributed by atoms with E-state index < -0.39 is 0 Å². The van der Waals surface area contributed by atoms with Crippen molar-refractivity contribution in [2.24, 2.45) is 10.9 Å². The van der Waals surface area contributed by atoms with E-state index in [1.165, 1.54) is 38.4 Å². The van der Waals surface area contributed by atoms with Gasteiger partial charge < -0.3 is 20.4 Å². The van der Waals surface area contributed by atoms with Gasteiger partial charge in [-0.15, -0.1) is 24.0 Å². The first-order valence-corrected chi connectivity index (χ1v) is 10.8. The van der Waals surface area contributed by atoms with Crippen LogP contribution in [0.3, 0.4) is 0 Å². The van der Waals surface area contributed by atoms with Gasteiger partial charge in [0.1, 0.15) is 0 Å². The SMILES string of the molecule is CCNC(=NCC(C)CN1CCCCC1)NC1CCN(c2ncccc2F)C1.I. The highest BCUT2D eigenvalue weighted by Gasteiger charge is 2.26. The topological polar surface area (TPSA) is 55.8 Å². The summed E-state index contributed by atoms with van der Waals surface area (Å²) in [6.45, 7) is 11.1. The number of pyridine rings is 1. The van der Waals surface area contributed by atoms with E-state index in [1.54, 1.807) is 12.3 Å². The molecule has 0 radical (unpaired) electrons. The lowest BCUT2D eigenvalue weighted by Crippen LogP contribution is -2.45. The Morgan fingerprint density at radius 2 is 2.10 bits per heavy atom. The number of hydrogen-bond donors (Lipinski definition) is 2. The van der Waals surface area contributed by atoms with Crippen molar-refractivity contribution in [1.82, 2.24) is 20.5 Å². The minimum Gasteiger partial charge on any atom is -0.357 e. The van der Waals surface area contributed by atoms with Gasteiger partial charge in [0.05, 0.1) is 0 Å². The van der Waals surface area contributed by atoms with Crippen LogP contribution in [0.4, 0.5) is 10.2 Å². The average Bonchev–Trinajstić information content (AvgIpc) is 3.16. The fraction of sp³-hybridized carbons (Fsp3) is 0.714. The number of anilines is 1. The van der Waals surface area contributed by atoms with Crippen LogP contribution < -0.4 is 15.5 Å². The van der Waals surface area contributed by atoms with E-state index in [0.29, 0.717) is 11.7 Å². The molecule has 6 nitrogen and oxygen atoms in total. The minimum atomic E-state index is -0.254. The van der Waals surface area contributed by atoms with E-state index >= 15 is 0 Å². The molecular weight excluding hydrogens is 482 g/mol. The minimum absolute atomic E-state index is 0. The van der Waals surface area contributed by atoms with Crippen LogP contribution in [0.1, 0.15) is 39.5 Å². The lowest BCUT2D eigenvalue weighted by Gasteiger charge is -2.28. The van der Waals surface area contributed by atoms with Crippen LogP contribution in [0.2, 0.25) is 0 Å². The molecule has 2 unspecified atom stereocenters. The quantitative estimate of drug-likeness (QED) is 0.330. The summed E-state index contributed by atoms with van der Waals surface area (Å²) < 4.78 is 14.0. The molecule has 0 bridgehead atoms. The molecular formula is C21H36FIN6. The zero-order valence-corrected chi connectivity index (χ0v) is 20.1. The van der Waals surface area contributed by atoms with E-state index in [1.807, 2.05) is 4.90 Å². The Morgan fingerprint density at radius 1 is 1.31 bits per heavy atom. The predicted octanol–water partition coefficient (Wildman–Crippen LogP) is 3.09. The van der Waals surface area contributed by atoms with Crippen molar-refractivity contribution in [2.75, 3.05) is 50.7 Å². The van der Waals surface area contributed by atoms with Gasteiger partial charge in [-0.2, -0.15) is 0 Å². The van der Waals surface area contributed by atoms with Crippen LogP contribution in [0.5, 0.6) is 0 Å². The molecule has 2 aliphatic rings. The van der Waals surface area contributed by atoms with E-state index in [-0.39, 0.29) is 35.8 Å². The maximum absolute atomic E-state index is 14.0. The third kappa shape index (κ3) is 7.55. The standard InChI is InChI=1S/C21H35FN6.HI/c1-3-23-21(25-14-17(2)15-27-11-5-4-6-12-27)26-18-9-13-28(16-18)20-19(22)8-7-10-24-20;/h7-8,10,17-18H,3-6,9,11-16H2,1-2H3,(H2,23,25,26);1H. The number of nitrogens with zero attached hydrogens (tertiary/aromatic N) is 4. The van der Waals surface area contributed by atoms with Crippen molar-refractivity contribution in [3.8, 4) is 0 Å². The molecule has 0 amide bonds. The number of guanidine groups is 1. The van der Waals surface area contributed by atoms with Crippen LogP contribution in [0.25, 0.3) is 0 Å². The van der Waals surface area contributed by atoms with Crippen molar-refractivity contribution in [1.29, 1.82) is 0 Å². The van der Waals surface area contributed by atoms with Crippen molar-refractivity contribution < 1.29 is 4.39 Å². The number of aliphatic imine (C=N–C) groups is 1. The van der Waals surface area contributed by atoms with Crippen molar-refractivity contribution in [3.05, 3.63) is 24.1 Å². The normalized spacial score (nSPS) is 21.6. The zero-order chi connectivity index (χ0) is 19.8. The molecule has 3 heterocycles. The van der Waals surface area contributed by atoms with Gasteiger partial charge in [-0.3, -0.25) is 4.99 Å². The van der Waals surface area contributed by atoms with E-state index in [9.17, 15) is 4.39 Å². The molecule has 0 saturated carbocycles. The number of halogens is 2. The highest BCUT2D eigenvalue weighted by molar-refractivity contribution is 14.0. The summed E-state index contributed by atoms with van der Waals surface area (Å²) in [4.78, 5) is 13.6. The van der Waals surface area contributed by atoms with E-state index in [2.05, 4.69) is 34.4 Å². The summed E-state index contributed by atoms with van der Waals surface area (Å²) in [5.41, 5.74) is 0. The molecule has 2 atom stereocenters. The highest BCUT2D eigenvalue weighted by atomic mass is 127. The zero-order valence-electron chi connectivity index (χ0n) is 17.7. The van der Waals surface area contributed by atoms with Crippen molar-refractivity contribution in [2.45, 2.75) is 45.6 Å². The molecule has 2 saturated heterocycles. The molecule has 0 spiro atoms. The Kier molecular flexibility index (Phi) is 10.4. The lowest BCUT2D eigenvalue weighted by molar-refractivity contribution is 0.203. The first kappa shape index (κ1) is 24.1. The number of aromatic nitrogens is 1. The molecule has 0 aromatic carbocycles. The van der Waals surface area contributed by atoms with Gasteiger partial charge >= 0.3 is 0 Å². The molecule has 2 aliphatic heterocycles. The van der Waals surface area contributed by atoms with Crippen LogP contribution in [0.15, 0.2) is 23.3 Å². The Labute approximate surface area is 191 Å². The van der Waals surface area contributed by atoms with E-state index in [0.717, 1.165) is 45.1 Å². The molecule has 2 N–H and O–H groups in total. The first-order valence-electron chi connectivity index (χ1n) is 10.8. The van der Waals surface area contributed by atoms with Gasteiger partial charge in [0.15, 0.2) is 17.6 Å². The molecule has 1 aromatic heterocycles. The fourth-order valence-electron chi connectivity index (χ4n) is 4.08. The molecule has 2 fully saturated rings. The van der Waals surface area contributed by atoms with Crippen LogP contribution >= 0.6 is 24.0 Å². The molecule has 8 heteroatoms. The molecule has 3 rings (SSSR count). The second kappa shape index (κ2) is 12.5. The van der Waals surface area contributed by atoms with Gasteiger partial charge in [0.25, 0.3) is 0 Å². The van der Waals surface area contributed by atoms with Crippen molar-refractivity contribution in [3.63, 3.8) is 0 Å². The van der Waals surface area contributed by atoms with Crippen LogP contribution in [-0.2, 0) is 0 Å². The number of piperidine rings is 1. The second-order valence-electron chi connectivity index (χ2n) is 8.07. The fourth-order valence-corrected chi connectivity index (χ4v) is 4.08. The number of hydrogen-bond acceptors (Lipinski definition) is 4.